The van der Waals surface area contributed by atoms with Crippen molar-refractivity contribution in [2.75, 3.05) is 0 Å². The van der Waals surface area contributed by atoms with Crippen LogP contribution in [-0.4, -0.2) is 19.2 Å². The van der Waals surface area contributed by atoms with E-state index in [0.29, 0.717) is 11.3 Å². The highest BCUT2D eigenvalue weighted by molar-refractivity contribution is 7.89. The summed E-state index contributed by atoms with van der Waals surface area (Å²) in [6.45, 7) is 1.89. The van der Waals surface area contributed by atoms with Gasteiger partial charge in [0.15, 0.2) is 0 Å². The lowest BCUT2D eigenvalue weighted by molar-refractivity contribution is 0.475. The summed E-state index contributed by atoms with van der Waals surface area (Å²) in [7, 11) is -3.80. The molecule has 0 aliphatic carbocycles. The van der Waals surface area contributed by atoms with E-state index in [1.807, 2.05) is 37.3 Å². The molecule has 0 amide bonds. The van der Waals surface area contributed by atoms with Crippen molar-refractivity contribution in [3.05, 3.63) is 95.6 Å². The zero-order valence-electron chi connectivity index (χ0n) is 14.1. The third-order valence-corrected chi connectivity index (χ3v) is 5.00. The SMILES string of the molecule is Cc1ccc(S(=O)(=O)NN=C(c2ccccc2)c2cccc(O)c2)cc1. The fourth-order valence-electron chi connectivity index (χ4n) is 2.42. The van der Waals surface area contributed by atoms with Gasteiger partial charge in [-0.3, -0.25) is 0 Å². The highest BCUT2D eigenvalue weighted by atomic mass is 32.2. The molecule has 132 valence electrons. The number of sulfonamides is 1. The summed E-state index contributed by atoms with van der Waals surface area (Å²) in [6, 6.07) is 22.2. The minimum absolute atomic E-state index is 0.0764. The molecule has 0 unspecified atom stereocenters. The lowest BCUT2D eigenvalue weighted by Gasteiger charge is -2.10. The molecule has 0 spiro atoms. The highest BCUT2D eigenvalue weighted by Crippen LogP contribution is 2.17. The molecule has 0 heterocycles. The van der Waals surface area contributed by atoms with Crippen molar-refractivity contribution in [1.29, 1.82) is 0 Å². The monoisotopic (exact) mass is 366 g/mol. The third-order valence-electron chi connectivity index (χ3n) is 3.78. The maximum Gasteiger partial charge on any atom is 0.276 e. The van der Waals surface area contributed by atoms with E-state index in [0.717, 1.165) is 11.1 Å². The second-order valence-electron chi connectivity index (χ2n) is 5.78. The molecule has 0 aliphatic heterocycles. The Balaban J connectivity index is 2.00. The van der Waals surface area contributed by atoms with Crippen LogP contribution in [0.3, 0.4) is 0 Å². The number of benzene rings is 3. The second-order valence-corrected chi connectivity index (χ2v) is 7.45. The number of hydrogen-bond donors (Lipinski definition) is 2. The first kappa shape index (κ1) is 17.7. The van der Waals surface area contributed by atoms with Crippen molar-refractivity contribution in [3.63, 3.8) is 0 Å². The summed E-state index contributed by atoms with van der Waals surface area (Å²) in [5.41, 5.74) is 2.71. The molecule has 0 aliphatic rings. The van der Waals surface area contributed by atoms with Crippen molar-refractivity contribution >= 4 is 15.7 Å². The summed E-state index contributed by atoms with van der Waals surface area (Å²) in [5, 5.41) is 13.9. The lowest BCUT2D eigenvalue weighted by Crippen LogP contribution is -2.21. The van der Waals surface area contributed by atoms with Crippen molar-refractivity contribution < 1.29 is 13.5 Å². The average Bonchev–Trinajstić information content (AvgIpc) is 2.63. The quantitative estimate of drug-likeness (QED) is 0.536. The number of phenolic OH excluding ortho intramolecular Hbond substituents is 1. The average molecular weight is 366 g/mol. The summed E-state index contributed by atoms with van der Waals surface area (Å²) < 4.78 is 25.0. The standard InChI is InChI=1S/C20H18N2O3S/c1-15-10-12-19(13-11-15)26(24,25)22-21-20(16-6-3-2-4-7-16)17-8-5-9-18(23)14-17/h2-14,22-23H,1H3. The first-order valence-electron chi connectivity index (χ1n) is 7.97. The van der Waals surface area contributed by atoms with Gasteiger partial charge in [-0.2, -0.15) is 18.4 Å². The molecule has 26 heavy (non-hydrogen) atoms. The van der Waals surface area contributed by atoms with Gasteiger partial charge in [0.1, 0.15) is 5.75 Å². The van der Waals surface area contributed by atoms with Gasteiger partial charge in [0.2, 0.25) is 0 Å². The number of phenols is 1. The molecule has 0 bridgehead atoms. The highest BCUT2D eigenvalue weighted by Gasteiger charge is 2.14. The Kier molecular flexibility index (Phi) is 5.04. The summed E-state index contributed by atoms with van der Waals surface area (Å²) in [4.78, 5) is 2.42. The predicted molar refractivity (Wildman–Crippen MR) is 102 cm³/mol. The molecule has 0 atom stereocenters. The van der Waals surface area contributed by atoms with Gasteiger partial charge in [-0.15, -0.1) is 0 Å². The van der Waals surface area contributed by atoms with Gasteiger partial charge in [-0.05, 0) is 31.2 Å². The van der Waals surface area contributed by atoms with E-state index in [2.05, 4.69) is 9.93 Å². The number of hydrogen-bond acceptors (Lipinski definition) is 4. The smallest absolute Gasteiger partial charge is 0.276 e. The number of nitrogens with zero attached hydrogens (tertiary/aromatic N) is 1. The summed E-state index contributed by atoms with van der Waals surface area (Å²) in [5.74, 6) is 0.0764. The maximum atomic E-state index is 12.5. The van der Waals surface area contributed by atoms with Crippen LogP contribution in [-0.2, 0) is 10.0 Å². The molecule has 6 heteroatoms. The topological polar surface area (TPSA) is 78.8 Å². The first-order chi connectivity index (χ1) is 12.5. The molecule has 2 N–H and O–H groups in total. The van der Waals surface area contributed by atoms with Crippen LogP contribution in [0, 0.1) is 6.92 Å². The molecule has 3 aromatic carbocycles. The third kappa shape index (κ3) is 4.10. The van der Waals surface area contributed by atoms with Crippen LogP contribution in [0.1, 0.15) is 16.7 Å². The van der Waals surface area contributed by atoms with Crippen LogP contribution in [0.15, 0.2) is 88.9 Å². The van der Waals surface area contributed by atoms with Crippen LogP contribution in [0.25, 0.3) is 0 Å². The van der Waals surface area contributed by atoms with E-state index in [1.54, 1.807) is 30.3 Å². The van der Waals surface area contributed by atoms with E-state index in [-0.39, 0.29) is 10.6 Å². The van der Waals surface area contributed by atoms with Gasteiger partial charge in [0.25, 0.3) is 10.0 Å². The fraction of sp³-hybridized carbons (Fsp3) is 0.0500. The van der Waals surface area contributed by atoms with E-state index in [4.69, 9.17) is 0 Å². The van der Waals surface area contributed by atoms with E-state index in [9.17, 15) is 13.5 Å². The number of hydrazone groups is 1. The number of aromatic hydroxyl groups is 1. The number of rotatable bonds is 5. The van der Waals surface area contributed by atoms with Crippen molar-refractivity contribution in [1.82, 2.24) is 4.83 Å². The van der Waals surface area contributed by atoms with E-state index >= 15 is 0 Å². The van der Waals surface area contributed by atoms with Gasteiger partial charge in [0, 0.05) is 11.1 Å². The van der Waals surface area contributed by atoms with Crippen molar-refractivity contribution in [2.24, 2.45) is 5.10 Å². The second kappa shape index (κ2) is 7.41. The lowest BCUT2D eigenvalue weighted by atomic mass is 10.0. The molecular weight excluding hydrogens is 348 g/mol. The van der Waals surface area contributed by atoms with Gasteiger partial charge < -0.3 is 5.11 Å². The predicted octanol–water partition coefficient (Wildman–Crippen LogP) is 3.43. The molecule has 0 aromatic heterocycles. The van der Waals surface area contributed by atoms with E-state index in [1.165, 1.54) is 18.2 Å². The minimum atomic E-state index is -3.80. The molecular formula is C20H18N2O3S. The van der Waals surface area contributed by atoms with Crippen molar-refractivity contribution in [3.8, 4) is 5.75 Å². The summed E-state index contributed by atoms with van der Waals surface area (Å²) >= 11 is 0. The van der Waals surface area contributed by atoms with Crippen LogP contribution in [0.2, 0.25) is 0 Å². The Hall–Kier alpha value is -3.12. The molecule has 0 fully saturated rings. The van der Waals surface area contributed by atoms with Crippen LogP contribution in [0.5, 0.6) is 5.75 Å². The largest absolute Gasteiger partial charge is 0.508 e. The molecule has 5 nitrogen and oxygen atoms in total. The number of nitrogens with one attached hydrogen (secondary N) is 1. The Labute approximate surface area is 152 Å². The molecule has 3 aromatic rings. The van der Waals surface area contributed by atoms with Crippen molar-refractivity contribution in [2.45, 2.75) is 11.8 Å². The zero-order chi connectivity index (χ0) is 18.6. The maximum absolute atomic E-state index is 12.5. The van der Waals surface area contributed by atoms with Gasteiger partial charge in [-0.1, -0.05) is 60.2 Å². The van der Waals surface area contributed by atoms with Gasteiger partial charge in [0.05, 0.1) is 10.6 Å². The molecule has 0 saturated heterocycles. The van der Waals surface area contributed by atoms with Gasteiger partial charge in [-0.25, -0.2) is 0 Å². The molecule has 0 saturated carbocycles. The Morgan fingerprint density at radius 3 is 2.19 bits per heavy atom. The van der Waals surface area contributed by atoms with Crippen LogP contribution >= 0.6 is 0 Å². The molecule has 0 radical (unpaired) electrons. The number of aryl methyl sites for hydroxylation is 1. The fourth-order valence-corrected chi connectivity index (χ4v) is 3.23. The normalized spacial score (nSPS) is 12.0. The van der Waals surface area contributed by atoms with Crippen LogP contribution < -0.4 is 4.83 Å². The van der Waals surface area contributed by atoms with Gasteiger partial charge >= 0.3 is 0 Å². The Bertz CT molecular complexity index is 1030. The zero-order valence-corrected chi connectivity index (χ0v) is 14.9. The Morgan fingerprint density at radius 2 is 1.54 bits per heavy atom. The minimum Gasteiger partial charge on any atom is -0.508 e. The molecule has 3 rings (SSSR count). The van der Waals surface area contributed by atoms with E-state index < -0.39 is 10.0 Å². The van der Waals surface area contributed by atoms with Crippen LogP contribution in [0.4, 0.5) is 0 Å². The Morgan fingerprint density at radius 1 is 0.885 bits per heavy atom. The first-order valence-corrected chi connectivity index (χ1v) is 9.45. The summed E-state index contributed by atoms with van der Waals surface area (Å²) in [6.07, 6.45) is 0.